The van der Waals surface area contributed by atoms with Crippen LogP contribution in [0.4, 0.5) is 0 Å². The van der Waals surface area contributed by atoms with Crippen LogP contribution < -0.4 is 80.6 Å². The van der Waals surface area contributed by atoms with E-state index in [1.54, 1.807) is 67.2 Å². The second kappa shape index (κ2) is 45.7. The Bertz CT molecular complexity index is 4350. The molecule has 2 aliphatic heterocycles. The number of hydrogen-bond acceptors (Lipinski definition) is 23. The lowest BCUT2D eigenvalue weighted by Crippen LogP contribution is -2.61. The van der Waals surface area contributed by atoms with Gasteiger partial charge in [-0.1, -0.05) is 36.4 Å². The largest absolute Gasteiger partial charge is 0.481 e. The molecule has 6 rings (SSSR count). The van der Waals surface area contributed by atoms with E-state index in [4.69, 9.17) is 16.9 Å². The molecule has 14 amide bonds. The number of aromatic nitrogens is 2. The Hall–Kier alpha value is -12.5. The highest BCUT2D eigenvalue weighted by atomic mass is 32.2. The van der Waals surface area contributed by atoms with Gasteiger partial charge in [0.05, 0.1) is 38.6 Å². The van der Waals surface area contributed by atoms with Crippen LogP contribution in [0.5, 0.6) is 0 Å². The van der Waals surface area contributed by atoms with Gasteiger partial charge in [-0.05, 0) is 107 Å². The van der Waals surface area contributed by atoms with E-state index >= 15 is 0 Å². The Kier molecular flexibility index (Phi) is 36.5. The number of thioether (sulfide) groups is 1. The monoisotopic (exact) mass is 1670 g/mol. The number of aliphatic hydroxyl groups is 2. The van der Waals surface area contributed by atoms with Gasteiger partial charge in [0.2, 0.25) is 82.7 Å². The molecular weight excluding hydrogens is 1570 g/mol. The van der Waals surface area contributed by atoms with Gasteiger partial charge in [0.25, 0.3) is 0 Å². The molecule has 2 aliphatic rings. The highest BCUT2D eigenvalue weighted by Gasteiger charge is 2.43. The first-order valence-corrected chi connectivity index (χ1v) is 39.1. The molecule has 4 heterocycles. The van der Waals surface area contributed by atoms with Gasteiger partial charge >= 0.3 is 23.9 Å². The fourth-order valence-electron chi connectivity index (χ4n) is 12.9. The minimum atomic E-state index is -2.03. The standard InChI is InChI=1S/C73H102N20O24S/c1-35(74)59(103)81-36(2)60(104)87-49(28-57(99)100)66(110)84-45(21-25-118-4)64(108)88-47(26-38-30-78-42-14-7-5-12-40(38)42)62(106)80-32-55(96)92-23-10-17-53(92)70(114)91-52(34-95)68(112)90-51(33-94)67(111)89-50(29-58(101)102)71(115)93-24-11-18-54(93)69(113)82-37(3)61(105)86-48(27-39-31-79-43-15-8-6-13-41(39)43)65(109)83-44(19-20-56(97)98)63(107)85-46(72(116)117)16-9-22-77-73(75)76/h5-8,12-15,30-31,35-37,44-54,78-79,94-95H,9-11,16-29,32-34,74H2,1-4H3,(H,80,106)(H,81,103)(H,82,113)(H,83,109)(H,84,110)(H,85,107)(H,86,105)(H,87,104)(H,88,108)(H,89,111)(H,90,112)(H,91,114)(H,97,98)(H,99,100)(H,101,102)(H,116,117)(H4,75,76,77)/t35-,36-,37-,44-,45-,46-,47-,48-,49-,50-,51-,52-,53-,54-/m0/s1. The van der Waals surface area contributed by atoms with Gasteiger partial charge in [0.1, 0.15) is 78.5 Å². The number of aliphatic carboxylic acids is 4. The normalized spacial score (nSPS) is 16.8. The van der Waals surface area contributed by atoms with Gasteiger partial charge in [0.15, 0.2) is 5.96 Å². The number of hydrogen-bond donors (Lipinski definition) is 24. The predicted octanol–water partition coefficient (Wildman–Crippen LogP) is -6.85. The quantitative estimate of drug-likeness (QED) is 0.0111. The molecule has 2 aromatic heterocycles. The number of nitrogens with one attached hydrogen (secondary N) is 16. The Morgan fingerprint density at radius 3 is 1.45 bits per heavy atom. The van der Waals surface area contributed by atoms with Crippen LogP contribution in [0.3, 0.4) is 0 Å². The number of aliphatic hydroxyl groups excluding tert-OH is 2. The van der Waals surface area contributed by atoms with Gasteiger partial charge in [-0.25, -0.2) is 4.79 Å². The summed E-state index contributed by atoms with van der Waals surface area (Å²) in [4.78, 5) is 250. The summed E-state index contributed by atoms with van der Waals surface area (Å²) in [7, 11) is 0. The molecule has 4 aromatic rings. The van der Waals surface area contributed by atoms with Gasteiger partial charge < -0.3 is 131 Å². The van der Waals surface area contributed by atoms with Crippen molar-refractivity contribution in [1.82, 2.24) is 88.9 Å². The summed E-state index contributed by atoms with van der Waals surface area (Å²) < 4.78 is 0. The van der Waals surface area contributed by atoms with Crippen molar-refractivity contribution in [2.75, 3.05) is 51.4 Å². The number of benzene rings is 2. The highest BCUT2D eigenvalue weighted by molar-refractivity contribution is 7.98. The number of rotatable bonds is 47. The third kappa shape index (κ3) is 28.2. The Morgan fingerprint density at radius 2 is 0.924 bits per heavy atom. The molecule has 644 valence electrons. The number of nitrogens with two attached hydrogens (primary N) is 2. The van der Waals surface area contributed by atoms with Crippen LogP contribution in [0.2, 0.25) is 0 Å². The number of para-hydroxylation sites is 2. The molecule has 0 aliphatic carbocycles. The molecule has 44 nitrogen and oxygen atoms in total. The van der Waals surface area contributed by atoms with Crippen LogP contribution in [0.15, 0.2) is 60.9 Å². The average Bonchev–Trinajstić information content (AvgIpc) is 1.64. The maximum atomic E-state index is 14.3. The fraction of sp³-hybridized carbons (Fsp3) is 0.521. The molecule has 2 aromatic carbocycles. The molecular formula is C73H102N20O24S. The minimum absolute atomic E-state index is 0.0204. The summed E-state index contributed by atoms with van der Waals surface area (Å²) in [6, 6.07) is -8.32. The van der Waals surface area contributed by atoms with E-state index in [2.05, 4.69) is 79.1 Å². The molecule has 0 bridgehead atoms. The topological polar surface area (TPSA) is 699 Å². The first-order chi connectivity index (χ1) is 55.9. The lowest BCUT2D eigenvalue weighted by Gasteiger charge is -2.30. The number of likely N-dealkylation sites (tertiary alicyclic amines) is 2. The maximum Gasteiger partial charge on any atom is 0.326 e. The van der Waals surface area contributed by atoms with Gasteiger partial charge in [-0.15, -0.1) is 0 Å². The number of guanidine groups is 1. The smallest absolute Gasteiger partial charge is 0.326 e. The third-order valence-corrected chi connectivity index (χ3v) is 19.9. The van der Waals surface area contributed by atoms with Crippen molar-refractivity contribution in [2.45, 2.75) is 189 Å². The molecule has 2 saturated heterocycles. The fourth-order valence-corrected chi connectivity index (χ4v) is 13.4. The first kappa shape index (κ1) is 94.3. The van der Waals surface area contributed by atoms with Crippen molar-refractivity contribution in [3.05, 3.63) is 72.1 Å². The second-order valence-electron chi connectivity index (χ2n) is 28.2. The second-order valence-corrected chi connectivity index (χ2v) is 29.2. The van der Waals surface area contributed by atoms with Gasteiger partial charge in [-0.2, -0.15) is 11.8 Å². The van der Waals surface area contributed by atoms with Crippen LogP contribution in [0.25, 0.3) is 21.8 Å². The van der Waals surface area contributed by atoms with Crippen molar-refractivity contribution >= 4 is 146 Å². The summed E-state index contributed by atoms with van der Waals surface area (Å²) in [6.07, 6.45) is 1.05. The van der Waals surface area contributed by atoms with Gasteiger partial charge in [-0.3, -0.25) is 86.9 Å². The molecule has 45 heteroatoms. The Morgan fingerprint density at radius 1 is 0.492 bits per heavy atom. The third-order valence-electron chi connectivity index (χ3n) is 19.3. The van der Waals surface area contributed by atoms with Crippen LogP contribution in [0.1, 0.15) is 103 Å². The summed E-state index contributed by atoms with van der Waals surface area (Å²) >= 11 is 1.27. The Balaban J connectivity index is 1.09. The number of carbonyl (C=O) groups excluding carboxylic acids is 14. The molecule has 26 N–H and O–H groups in total. The lowest BCUT2D eigenvalue weighted by molar-refractivity contribution is -0.146. The summed E-state index contributed by atoms with van der Waals surface area (Å²) in [6.45, 7) is 0.427. The Labute approximate surface area is 678 Å². The number of carboxylic acids is 4. The number of amides is 14. The number of nitrogens with zero attached hydrogens (tertiary/aromatic N) is 2. The number of aromatic amines is 2. The molecule has 0 radical (unpaired) electrons. The molecule has 118 heavy (non-hydrogen) atoms. The van der Waals surface area contributed by atoms with Crippen LogP contribution in [-0.4, -0.2) is 299 Å². The van der Waals surface area contributed by atoms with E-state index in [0.717, 1.165) is 9.80 Å². The van der Waals surface area contributed by atoms with E-state index < -0.39 is 237 Å². The maximum absolute atomic E-state index is 14.3. The zero-order valence-corrected chi connectivity index (χ0v) is 65.8. The van der Waals surface area contributed by atoms with Crippen LogP contribution in [0, 0.1) is 5.41 Å². The van der Waals surface area contributed by atoms with Crippen molar-refractivity contribution in [3.8, 4) is 0 Å². The van der Waals surface area contributed by atoms with Crippen LogP contribution in [-0.2, 0) is 99.1 Å². The van der Waals surface area contributed by atoms with Crippen molar-refractivity contribution < 1.29 is 117 Å². The zero-order valence-electron chi connectivity index (χ0n) is 65.0. The highest BCUT2D eigenvalue weighted by Crippen LogP contribution is 2.24. The molecule has 14 atom stereocenters. The van der Waals surface area contributed by atoms with Crippen LogP contribution >= 0.6 is 11.8 Å². The average molecular weight is 1680 g/mol. The number of fused-ring (bicyclic) bond motifs is 2. The molecule has 2 fully saturated rings. The van der Waals surface area contributed by atoms with Gasteiger partial charge in [0, 0.05) is 73.1 Å². The van der Waals surface area contributed by atoms with E-state index in [-0.39, 0.29) is 89.1 Å². The minimum Gasteiger partial charge on any atom is -0.481 e. The number of carboxylic acid groups (broad SMARTS) is 4. The van der Waals surface area contributed by atoms with E-state index in [1.165, 1.54) is 32.5 Å². The van der Waals surface area contributed by atoms with E-state index in [0.29, 0.717) is 32.9 Å². The number of carbonyl (C=O) groups is 18. The number of H-pyrrole nitrogens is 2. The SMILES string of the molecule is CSCC[C@H](NC(=O)[C@H](CC(=O)O)NC(=O)[C@H](C)NC(=O)[C@H](C)N)C(=O)N[C@@H](Cc1c[nH]c2ccccc12)C(=O)NCC(=O)N1CCC[C@H]1C(=O)N[C@@H](CO)C(=O)N[C@@H](CO)C(=O)N[C@@H](CC(=O)O)C(=O)N1CCC[C@H]1C(=O)N[C@@H](C)C(=O)N[C@@H](Cc1c[nH]c2ccccc12)C(=O)N[C@@H](CCC(=O)O)C(=O)N[C@@H](CCCNC(=N)N)C(=O)O. The summed E-state index contributed by atoms with van der Waals surface area (Å²) in [5.41, 5.74) is 13.1. The summed E-state index contributed by atoms with van der Waals surface area (Å²) in [5, 5.41) is 99.5. The first-order valence-electron chi connectivity index (χ1n) is 37.7. The molecule has 0 unspecified atom stereocenters. The van der Waals surface area contributed by atoms with E-state index in [1.807, 2.05) is 0 Å². The van der Waals surface area contributed by atoms with Crippen molar-refractivity contribution in [3.63, 3.8) is 0 Å². The van der Waals surface area contributed by atoms with Crippen molar-refractivity contribution in [1.29, 1.82) is 5.41 Å². The zero-order chi connectivity index (χ0) is 87.2. The lowest BCUT2D eigenvalue weighted by atomic mass is 10.0. The summed E-state index contributed by atoms with van der Waals surface area (Å²) in [5.74, 6) is -20.6. The molecule has 0 saturated carbocycles. The van der Waals surface area contributed by atoms with Crippen molar-refractivity contribution in [2.24, 2.45) is 11.5 Å². The predicted molar refractivity (Wildman–Crippen MR) is 418 cm³/mol. The molecule has 0 spiro atoms. The van der Waals surface area contributed by atoms with E-state index in [9.17, 15) is 117 Å².